The molecule has 0 aliphatic carbocycles. The molecule has 2 amide bonds. The van der Waals surface area contributed by atoms with E-state index in [2.05, 4.69) is 10.6 Å². The Hall–Kier alpha value is -2.82. The minimum atomic E-state index is -1.08. The molecule has 5 heteroatoms. The number of carbonyl (C=O) groups excluding carboxylic acids is 1. The van der Waals surface area contributed by atoms with Crippen molar-refractivity contribution in [2.24, 2.45) is 0 Å². The molecule has 2 aromatic carbocycles. The molecule has 0 saturated heterocycles. The summed E-state index contributed by atoms with van der Waals surface area (Å²) in [5.74, 6) is -1.08. The molecular formula is C16H16N2O3. The number of carboxylic acid groups (broad SMARTS) is 1. The van der Waals surface area contributed by atoms with Crippen molar-refractivity contribution in [1.82, 2.24) is 5.32 Å². The summed E-state index contributed by atoms with van der Waals surface area (Å²) in [6.07, 6.45) is 0.691. The van der Waals surface area contributed by atoms with Gasteiger partial charge in [0.2, 0.25) is 0 Å². The molecule has 0 heterocycles. The molecule has 0 saturated carbocycles. The predicted molar refractivity (Wildman–Crippen MR) is 80.3 cm³/mol. The van der Waals surface area contributed by atoms with Crippen LogP contribution in [0.2, 0.25) is 0 Å². The van der Waals surface area contributed by atoms with Gasteiger partial charge in [0, 0.05) is 5.69 Å². The molecule has 2 aromatic rings. The Morgan fingerprint density at radius 1 is 0.952 bits per heavy atom. The van der Waals surface area contributed by atoms with Gasteiger partial charge in [-0.05, 0) is 23.6 Å². The zero-order chi connectivity index (χ0) is 15.1. The van der Waals surface area contributed by atoms with Crippen LogP contribution in [0, 0.1) is 0 Å². The highest BCUT2D eigenvalue weighted by atomic mass is 16.4. The molecule has 0 radical (unpaired) electrons. The van der Waals surface area contributed by atoms with E-state index in [9.17, 15) is 9.59 Å². The first kappa shape index (κ1) is 14.6. The van der Waals surface area contributed by atoms with E-state index >= 15 is 0 Å². The maximum atomic E-state index is 11.6. The lowest BCUT2D eigenvalue weighted by molar-refractivity contribution is -0.135. The second-order valence-corrected chi connectivity index (χ2v) is 4.52. The number of amides is 2. The molecule has 21 heavy (non-hydrogen) atoms. The summed E-state index contributed by atoms with van der Waals surface area (Å²) in [6.45, 7) is -0.410. The van der Waals surface area contributed by atoms with Crippen LogP contribution in [0.4, 0.5) is 10.5 Å². The third-order valence-electron chi connectivity index (χ3n) is 2.90. The summed E-state index contributed by atoms with van der Waals surface area (Å²) in [6, 6.07) is 16.8. The Kier molecular flexibility index (Phi) is 4.93. The summed E-state index contributed by atoms with van der Waals surface area (Å²) in [4.78, 5) is 22.1. The van der Waals surface area contributed by atoms with Crippen molar-refractivity contribution in [3.8, 4) is 0 Å². The quantitative estimate of drug-likeness (QED) is 0.789. The fraction of sp³-hybridized carbons (Fsp3) is 0.125. The molecule has 2 rings (SSSR count). The van der Waals surface area contributed by atoms with Gasteiger partial charge in [-0.1, -0.05) is 48.5 Å². The van der Waals surface area contributed by atoms with E-state index in [-0.39, 0.29) is 0 Å². The third kappa shape index (κ3) is 4.65. The van der Waals surface area contributed by atoms with Crippen LogP contribution in [0.3, 0.4) is 0 Å². The van der Waals surface area contributed by atoms with Gasteiger partial charge in [-0.3, -0.25) is 4.79 Å². The van der Waals surface area contributed by atoms with Gasteiger partial charge in [0.25, 0.3) is 0 Å². The molecule has 0 aromatic heterocycles. The molecule has 5 nitrogen and oxygen atoms in total. The van der Waals surface area contributed by atoms with Gasteiger partial charge in [-0.25, -0.2) is 4.79 Å². The normalized spacial score (nSPS) is 9.90. The molecule has 0 aliphatic rings. The van der Waals surface area contributed by atoms with Gasteiger partial charge >= 0.3 is 12.0 Å². The second-order valence-electron chi connectivity index (χ2n) is 4.52. The van der Waals surface area contributed by atoms with Gasteiger partial charge in [-0.2, -0.15) is 0 Å². The average molecular weight is 284 g/mol. The van der Waals surface area contributed by atoms with Crippen LogP contribution in [-0.2, 0) is 11.2 Å². The van der Waals surface area contributed by atoms with Crippen molar-refractivity contribution in [2.75, 3.05) is 11.9 Å². The monoisotopic (exact) mass is 284 g/mol. The van der Waals surface area contributed by atoms with Crippen molar-refractivity contribution in [3.05, 3.63) is 65.7 Å². The van der Waals surface area contributed by atoms with Crippen LogP contribution < -0.4 is 10.6 Å². The fourth-order valence-electron chi connectivity index (χ4n) is 1.93. The zero-order valence-electron chi connectivity index (χ0n) is 11.4. The van der Waals surface area contributed by atoms with Gasteiger partial charge in [0.1, 0.15) is 6.54 Å². The number of urea groups is 1. The van der Waals surface area contributed by atoms with Crippen LogP contribution in [0.5, 0.6) is 0 Å². The minimum Gasteiger partial charge on any atom is -0.480 e. The van der Waals surface area contributed by atoms with Crippen LogP contribution in [0.25, 0.3) is 0 Å². The van der Waals surface area contributed by atoms with Crippen LogP contribution >= 0.6 is 0 Å². The van der Waals surface area contributed by atoms with Crippen LogP contribution in [-0.4, -0.2) is 23.7 Å². The molecule has 0 fully saturated rings. The number of benzene rings is 2. The van der Waals surface area contributed by atoms with Crippen molar-refractivity contribution >= 4 is 17.7 Å². The first-order valence-electron chi connectivity index (χ1n) is 6.53. The maximum Gasteiger partial charge on any atom is 0.323 e. The second kappa shape index (κ2) is 7.09. The smallest absolute Gasteiger partial charge is 0.323 e. The Morgan fingerprint density at radius 2 is 1.62 bits per heavy atom. The molecule has 0 atom stereocenters. The summed E-state index contributed by atoms with van der Waals surface area (Å²) in [7, 11) is 0. The highest BCUT2D eigenvalue weighted by Gasteiger charge is 2.07. The zero-order valence-corrected chi connectivity index (χ0v) is 11.4. The van der Waals surface area contributed by atoms with Crippen molar-refractivity contribution in [2.45, 2.75) is 6.42 Å². The summed E-state index contributed by atoms with van der Waals surface area (Å²) in [5, 5.41) is 13.5. The minimum absolute atomic E-state index is 0.410. The molecule has 108 valence electrons. The lowest BCUT2D eigenvalue weighted by Crippen LogP contribution is -2.33. The summed E-state index contributed by atoms with van der Waals surface area (Å²) >= 11 is 0. The number of aliphatic carboxylic acids is 1. The third-order valence-corrected chi connectivity index (χ3v) is 2.90. The number of para-hydroxylation sites is 1. The Morgan fingerprint density at radius 3 is 2.33 bits per heavy atom. The van der Waals surface area contributed by atoms with Gasteiger partial charge in [-0.15, -0.1) is 0 Å². The number of anilines is 1. The first-order chi connectivity index (χ1) is 10.1. The number of carbonyl (C=O) groups is 2. The molecule has 0 spiro atoms. The number of carboxylic acids is 1. The fourth-order valence-corrected chi connectivity index (χ4v) is 1.93. The van der Waals surface area contributed by atoms with Crippen LogP contribution in [0.1, 0.15) is 11.1 Å². The maximum absolute atomic E-state index is 11.6. The molecule has 0 bridgehead atoms. The number of nitrogens with one attached hydrogen (secondary N) is 2. The summed E-state index contributed by atoms with van der Waals surface area (Å²) < 4.78 is 0. The van der Waals surface area contributed by atoms with Gasteiger partial charge < -0.3 is 15.7 Å². The van der Waals surface area contributed by atoms with Crippen molar-refractivity contribution in [1.29, 1.82) is 0 Å². The van der Waals surface area contributed by atoms with E-state index in [4.69, 9.17) is 5.11 Å². The molecule has 3 N–H and O–H groups in total. The highest BCUT2D eigenvalue weighted by molar-refractivity contribution is 5.91. The molecule has 0 unspecified atom stereocenters. The molecule has 0 aliphatic heterocycles. The lowest BCUT2D eigenvalue weighted by atomic mass is 10.0. The predicted octanol–water partition coefficient (Wildman–Crippen LogP) is 2.48. The van der Waals surface area contributed by atoms with Crippen molar-refractivity contribution < 1.29 is 14.7 Å². The standard InChI is InChI=1S/C16H16N2O3/c19-15(20)11-17-16(21)18-14-9-5-4-8-13(14)10-12-6-2-1-3-7-12/h1-9H,10-11H2,(H,19,20)(H2,17,18,21). The van der Waals surface area contributed by atoms with E-state index in [0.29, 0.717) is 12.1 Å². The van der Waals surface area contributed by atoms with Gasteiger partial charge in [0.05, 0.1) is 0 Å². The van der Waals surface area contributed by atoms with E-state index in [1.54, 1.807) is 6.07 Å². The Bertz CT molecular complexity index is 626. The van der Waals surface area contributed by atoms with Crippen LogP contribution in [0.15, 0.2) is 54.6 Å². The Labute approximate surface area is 122 Å². The first-order valence-corrected chi connectivity index (χ1v) is 6.53. The van der Waals surface area contributed by atoms with E-state index in [0.717, 1.165) is 11.1 Å². The van der Waals surface area contributed by atoms with Crippen molar-refractivity contribution in [3.63, 3.8) is 0 Å². The topological polar surface area (TPSA) is 78.4 Å². The molecular weight excluding hydrogens is 268 g/mol. The highest BCUT2D eigenvalue weighted by Crippen LogP contribution is 2.18. The number of hydrogen-bond acceptors (Lipinski definition) is 2. The Balaban J connectivity index is 2.06. The number of rotatable bonds is 5. The van der Waals surface area contributed by atoms with Gasteiger partial charge in [0.15, 0.2) is 0 Å². The SMILES string of the molecule is O=C(O)CNC(=O)Nc1ccccc1Cc1ccccc1. The lowest BCUT2D eigenvalue weighted by Gasteiger charge is -2.11. The van der Waals surface area contributed by atoms with E-state index in [1.807, 2.05) is 48.5 Å². The van der Waals surface area contributed by atoms with E-state index in [1.165, 1.54) is 0 Å². The number of hydrogen-bond donors (Lipinski definition) is 3. The van der Waals surface area contributed by atoms with E-state index < -0.39 is 18.5 Å². The average Bonchev–Trinajstić information content (AvgIpc) is 2.48. The largest absolute Gasteiger partial charge is 0.480 e. The summed E-state index contributed by atoms with van der Waals surface area (Å²) in [5.41, 5.74) is 2.77.